The van der Waals surface area contributed by atoms with E-state index in [2.05, 4.69) is 17.1 Å². The molecule has 4 rings (SSSR count). The molecule has 0 aromatic heterocycles. The van der Waals surface area contributed by atoms with Gasteiger partial charge in [-0.25, -0.2) is 0 Å². The number of carbonyl (C=O) groups excluding carboxylic acids is 1. The van der Waals surface area contributed by atoms with Gasteiger partial charge in [0.2, 0.25) is 0 Å². The van der Waals surface area contributed by atoms with Gasteiger partial charge in [0.1, 0.15) is 5.38 Å². The highest BCUT2D eigenvalue weighted by atomic mass is 35.5. The Bertz CT molecular complexity index is 898. The quantitative estimate of drug-likeness (QED) is 0.440. The third-order valence-electron chi connectivity index (χ3n) is 3.71. The minimum Gasteiger partial charge on any atom is -0.292 e. The van der Waals surface area contributed by atoms with Crippen molar-refractivity contribution in [3.05, 3.63) is 54.1 Å². The van der Waals surface area contributed by atoms with Crippen molar-refractivity contribution >= 4 is 50.8 Å². The average Bonchev–Trinajstić information content (AvgIpc) is 2.48. The van der Waals surface area contributed by atoms with Crippen LogP contribution in [0.4, 0.5) is 5.69 Å². The maximum absolute atomic E-state index is 12.3. The van der Waals surface area contributed by atoms with Crippen molar-refractivity contribution < 1.29 is 4.79 Å². The molecule has 0 saturated heterocycles. The van der Waals surface area contributed by atoms with E-state index in [0.29, 0.717) is 11.3 Å². The third-order valence-corrected chi connectivity index (χ3v) is 4.02. The SMILES string of the molecule is O=C1c2c(ccc3cc4ccccc4cc23)N=CC1Cl. The second-order valence-electron chi connectivity index (χ2n) is 4.92. The van der Waals surface area contributed by atoms with E-state index >= 15 is 0 Å². The van der Waals surface area contributed by atoms with Crippen molar-refractivity contribution in [3.8, 4) is 0 Å². The van der Waals surface area contributed by atoms with Gasteiger partial charge < -0.3 is 0 Å². The lowest BCUT2D eigenvalue weighted by molar-refractivity contribution is 0.101. The fraction of sp³-hybridized carbons (Fsp3) is 0.0588. The summed E-state index contributed by atoms with van der Waals surface area (Å²) in [6, 6.07) is 16.1. The highest BCUT2D eigenvalue weighted by molar-refractivity contribution is 6.44. The van der Waals surface area contributed by atoms with Crippen LogP contribution in [0, 0.1) is 0 Å². The lowest BCUT2D eigenvalue weighted by Gasteiger charge is -2.15. The Morgan fingerprint density at radius 3 is 2.50 bits per heavy atom. The molecule has 0 aliphatic carbocycles. The molecular weight excluding hydrogens is 270 g/mol. The number of Topliss-reactive ketones (excluding diaryl/α,β-unsaturated/α-hetero) is 1. The number of hydrogen-bond donors (Lipinski definition) is 0. The van der Waals surface area contributed by atoms with Crippen LogP contribution >= 0.6 is 11.6 Å². The van der Waals surface area contributed by atoms with Crippen molar-refractivity contribution in [2.24, 2.45) is 4.99 Å². The lowest BCUT2D eigenvalue weighted by atomic mass is 9.94. The summed E-state index contributed by atoms with van der Waals surface area (Å²) in [7, 11) is 0. The third kappa shape index (κ3) is 1.58. The highest BCUT2D eigenvalue weighted by Crippen LogP contribution is 2.34. The largest absolute Gasteiger partial charge is 0.292 e. The minimum atomic E-state index is -0.667. The van der Waals surface area contributed by atoms with Crippen LogP contribution in [0.3, 0.4) is 0 Å². The van der Waals surface area contributed by atoms with Gasteiger partial charge in [0.15, 0.2) is 5.78 Å². The molecule has 0 bridgehead atoms. The van der Waals surface area contributed by atoms with Crippen LogP contribution in [0.5, 0.6) is 0 Å². The van der Waals surface area contributed by atoms with Crippen LogP contribution in [0.25, 0.3) is 21.5 Å². The molecule has 0 amide bonds. The van der Waals surface area contributed by atoms with E-state index in [1.807, 2.05) is 36.4 Å². The van der Waals surface area contributed by atoms with Gasteiger partial charge in [0.25, 0.3) is 0 Å². The number of nitrogens with zero attached hydrogens (tertiary/aromatic N) is 1. The van der Waals surface area contributed by atoms with Gasteiger partial charge in [-0.15, -0.1) is 11.6 Å². The van der Waals surface area contributed by atoms with Crippen LogP contribution < -0.4 is 0 Å². The molecule has 0 radical (unpaired) electrons. The van der Waals surface area contributed by atoms with Gasteiger partial charge in [-0.05, 0) is 39.7 Å². The van der Waals surface area contributed by atoms with Crippen molar-refractivity contribution in [3.63, 3.8) is 0 Å². The van der Waals surface area contributed by atoms with E-state index in [4.69, 9.17) is 11.6 Å². The number of alkyl halides is 1. The Hall–Kier alpha value is -2.19. The second kappa shape index (κ2) is 4.15. The highest BCUT2D eigenvalue weighted by Gasteiger charge is 2.25. The maximum atomic E-state index is 12.3. The van der Waals surface area contributed by atoms with E-state index < -0.39 is 5.38 Å². The number of carbonyl (C=O) groups is 1. The lowest BCUT2D eigenvalue weighted by Crippen LogP contribution is -2.19. The molecule has 2 nitrogen and oxygen atoms in total. The summed E-state index contributed by atoms with van der Waals surface area (Å²) >= 11 is 6.01. The molecule has 0 saturated carbocycles. The molecule has 3 heteroatoms. The maximum Gasteiger partial charge on any atom is 0.188 e. The first-order valence-corrected chi connectivity index (χ1v) is 6.86. The zero-order chi connectivity index (χ0) is 13.7. The van der Waals surface area contributed by atoms with Crippen LogP contribution in [0.15, 0.2) is 53.5 Å². The zero-order valence-electron chi connectivity index (χ0n) is 10.5. The van der Waals surface area contributed by atoms with Crippen LogP contribution in [-0.4, -0.2) is 17.4 Å². The summed E-state index contributed by atoms with van der Waals surface area (Å²) in [5, 5.41) is 3.57. The molecule has 1 unspecified atom stereocenters. The van der Waals surface area contributed by atoms with E-state index in [0.717, 1.165) is 21.5 Å². The standard InChI is InChI=1S/C17H10ClNO/c18-14-9-19-15-6-5-12-7-10-3-1-2-4-11(10)8-13(12)16(15)17(14)20/h1-9,14H. The van der Waals surface area contributed by atoms with Crippen molar-refractivity contribution in [1.82, 2.24) is 0 Å². The van der Waals surface area contributed by atoms with Crippen LogP contribution in [0.2, 0.25) is 0 Å². The normalized spacial score (nSPS) is 17.6. The first kappa shape index (κ1) is 11.6. The summed E-state index contributed by atoms with van der Waals surface area (Å²) in [6.45, 7) is 0. The monoisotopic (exact) mass is 279 g/mol. The molecule has 1 heterocycles. The number of fused-ring (bicyclic) bond motifs is 4. The molecule has 3 aromatic rings. The minimum absolute atomic E-state index is 0.0717. The molecule has 1 aliphatic rings. The van der Waals surface area contributed by atoms with Crippen LogP contribution in [-0.2, 0) is 0 Å². The van der Waals surface area contributed by atoms with Gasteiger partial charge >= 0.3 is 0 Å². The molecule has 0 N–H and O–H groups in total. The second-order valence-corrected chi connectivity index (χ2v) is 5.39. The summed E-state index contributed by atoms with van der Waals surface area (Å²) in [5.41, 5.74) is 1.34. The molecule has 0 spiro atoms. The van der Waals surface area contributed by atoms with Crippen molar-refractivity contribution in [2.75, 3.05) is 0 Å². The summed E-state index contributed by atoms with van der Waals surface area (Å²) in [6.07, 6.45) is 1.50. The Morgan fingerprint density at radius 1 is 0.950 bits per heavy atom. The van der Waals surface area contributed by atoms with E-state index in [1.54, 1.807) is 0 Å². The van der Waals surface area contributed by atoms with Gasteiger partial charge in [0, 0.05) is 6.21 Å². The van der Waals surface area contributed by atoms with Gasteiger partial charge in [-0.1, -0.05) is 30.3 Å². The molecule has 1 aliphatic heterocycles. The first-order chi connectivity index (χ1) is 9.74. The van der Waals surface area contributed by atoms with Crippen LogP contribution in [0.1, 0.15) is 10.4 Å². The van der Waals surface area contributed by atoms with Gasteiger partial charge in [-0.2, -0.15) is 0 Å². The van der Waals surface area contributed by atoms with E-state index in [1.165, 1.54) is 6.21 Å². The van der Waals surface area contributed by atoms with Gasteiger partial charge in [0.05, 0.1) is 11.3 Å². The van der Waals surface area contributed by atoms with Crippen molar-refractivity contribution in [1.29, 1.82) is 0 Å². The fourth-order valence-corrected chi connectivity index (χ4v) is 2.89. The zero-order valence-corrected chi connectivity index (χ0v) is 11.3. The Balaban J connectivity index is 2.15. The molecular formula is C17H10ClNO. The Labute approximate surface area is 120 Å². The molecule has 0 fully saturated rings. The van der Waals surface area contributed by atoms with Crippen molar-refractivity contribution in [2.45, 2.75) is 5.38 Å². The topological polar surface area (TPSA) is 29.4 Å². The van der Waals surface area contributed by atoms with E-state index in [9.17, 15) is 4.79 Å². The Morgan fingerprint density at radius 2 is 1.70 bits per heavy atom. The predicted molar refractivity (Wildman–Crippen MR) is 83.6 cm³/mol. The number of hydrogen-bond acceptors (Lipinski definition) is 2. The first-order valence-electron chi connectivity index (χ1n) is 6.42. The van der Waals surface area contributed by atoms with E-state index in [-0.39, 0.29) is 5.78 Å². The summed E-state index contributed by atoms with van der Waals surface area (Å²) in [5.74, 6) is -0.0717. The predicted octanol–water partition coefficient (Wildman–Crippen LogP) is 4.50. The van der Waals surface area contributed by atoms with Gasteiger partial charge in [-0.3, -0.25) is 9.79 Å². The number of benzene rings is 3. The number of halogens is 1. The molecule has 3 aromatic carbocycles. The summed E-state index contributed by atoms with van der Waals surface area (Å²) < 4.78 is 0. The number of rotatable bonds is 0. The average molecular weight is 280 g/mol. The fourth-order valence-electron chi connectivity index (χ4n) is 2.72. The summed E-state index contributed by atoms with van der Waals surface area (Å²) in [4.78, 5) is 16.6. The molecule has 1 atom stereocenters. The Kier molecular flexibility index (Phi) is 2.41. The number of aliphatic imine (C=N–C) groups is 1. The molecule has 20 heavy (non-hydrogen) atoms. The molecule has 96 valence electrons. The smallest absolute Gasteiger partial charge is 0.188 e. The number of ketones is 1.